The monoisotopic (exact) mass is 930 g/mol. The van der Waals surface area contributed by atoms with E-state index in [1.807, 2.05) is 24.3 Å². The third-order valence-electron chi connectivity index (χ3n) is 12.7. The number of nitrogens with two attached hydrogens (primary N) is 2. The van der Waals surface area contributed by atoms with Crippen LogP contribution in [0.2, 0.25) is 10.0 Å². The maximum Gasteiger partial charge on any atom is 0.222 e. The second kappa shape index (κ2) is 17.5. The zero-order valence-electron chi connectivity index (χ0n) is 36.9. The van der Waals surface area contributed by atoms with Crippen LogP contribution in [-0.2, 0) is 31.5 Å². The van der Waals surface area contributed by atoms with E-state index in [4.69, 9.17) is 53.2 Å². The van der Waals surface area contributed by atoms with E-state index < -0.39 is 11.2 Å². The van der Waals surface area contributed by atoms with Gasteiger partial charge in [0.25, 0.3) is 0 Å². The van der Waals surface area contributed by atoms with Crippen LogP contribution in [0.5, 0.6) is 0 Å². The lowest BCUT2D eigenvalue weighted by Gasteiger charge is -2.34. The minimum absolute atomic E-state index is 0.0640. The molecule has 6 aromatic rings. The predicted molar refractivity (Wildman–Crippen MR) is 249 cm³/mol. The molecule has 4 aliphatic heterocycles. The van der Waals surface area contributed by atoms with E-state index in [1.165, 1.54) is 23.5 Å². The summed E-state index contributed by atoms with van der Waals surface area (Å²) in [5, 5.41) is 30.1. The Hall–Kier alpha value is -6.24. The highest BCUT2D eigenvalue weighted by atomic mass is 35.5. The fraction of sp³-hybridized carbons (Fsp3) is 0.375. The average Bonchev–Trinajstić information content (AvgIpc) is 4.10. The molecule has 340 valence electrons. The number of hydrogen-bond donors (Lipinski definition) is 4. The van der Waals surface area contributed by atoms with Crippen molar-refractivity contribution in [3.05, 3.63) is 116 Å². The molecule has 6 N–H and O–H groups in total. The van der Waals surface area contributed by atoms with Crippen LogP contribution in [0.4, 0.5) is 34.9 Å². The molecule has 0 bridgehead atoms. The van der Waals surface area contributed by atoms with E-state index >= 15 is 0 Å². The molecule has 2 spiro atoms. The highest BCUT2D eigenvalue weighted by Crippen LogP contribution is 2.52. The molecule has 0 aliphatic carbocycles. The van der Waals surface area contributed by atoms with Gasteiger partial charge in [0.2, 0.25) is 11.9 Å². The molecule has 0 radical (unpaired) electrons. The standard InChI is InChI=1S/2C24H24ClN5O3/c2*1-15-11-20(33-29-15)23(2,31)6-5-16-3-4-17-19(12-16)30(14-24(17)7-9-32-10-8-24)21-18(25)13-27-22(26)28-21/h2*3-4,11-13,31H,7-10,14H2,1-2H3,(H2,26,27,28)/t2*23-/m10/s1. The lowest BCUT2D eigenvalue weighted by Crippen LogP contribution is -2.37. The predicted octanol–water partition coefficient (Wildman–Crippen LogP) is 6.94. The SMILES string of the molecule is Cc1cc([C@@](C)(O)C#Cc2ccc3c(c2)N(c2nc(N)ncc2Cl)CC32CCOCC2)on1.Cc1cc([C@](C)(O)C#Cc2ccc3c(c2)N(c2nc(N)ncc2Cl)CC32CCOCC2)on1. The molecule has 66 heavy (non-hydrogen) atoms. The Morgan fingerprint density at radius 2 is 1.03 bits per heavy atom. The van der Waals surface area contributed by atoms with Gasteiger partial charge in [-0.3, -0.25) is 0 Å². The first kappa shape index (κ1) is 44.9. The van der Waals surface area contributed by atoms with Gasteiger partial charge < -0.3 is 50.0 Å². The number of nitrogen functional groups attached to an aromatic ring is 2. The van der Waals surface area contributed by atoms with E-state index in [0.717, 1.165) is 48.2 Å². The Labute approximate surface area is 391 Å². The number of ether oxygens (including phenoxy) is 2. The highest BCUT2D eigenvalue weighted by molar-refractivity contribution is 6.33. The third kappa shape index (κ3) is 8.76. The van der Waals surface area contributed by atoms with Crippen LogP contribution in [0.1, 0.15) is 84.7 Å². The second-order valence-corrected chi connectivity index (χ2v) is 18.3. The summed E-state index contributed by atoms with van der Waals surface area (Å²) in [5.74, 6) is 14.1. The van der Waals surface area contributed by atoms with Gasteiger partial charge in [-0.05, 0) is 88.8 Å². The van der Waals surface area contributed by atoms with Gasteiger partial charge in [-0.2, -0.15) is 9.97 Å². The van der Waals surface area contributed by atoms with Crippen LogP contribution in [0.3, 0.4) is 0 Å². The molecule has 2 saturated heterocycles. The van der Waals surface area contributed by atoms with Crippen molar-refractivity contribution in [2.45, 2.75) is 75.4 Å². The lowest BCUT2D eigenvalue weighted by molar-refractivity contribution is 0.0556. The number of halogens is 2. The van der Waals surface area contributed by atoms with Crippen LogP contribution in [-0.4, -0.2) is 80.0 Å². The van der Waals surface area contributed by atoms with Crippen LogP contribution in [0.15, 0.2) is 70.0 Å². The Kier molecular flexibility index (Phi) is 11.9. The van der Waals surface area contributed by atoms with Crippen molar-refractivity contribution in [2.24, 2.45) is 0 Å². The molecular weight excluding hydrogens is 883 g/mol. The van der Waals surface area contributed by atoms with Crippen molar-refractivity contribution in [3.63, 3.8) is 0 Å². The first-order chi connectivity index (χ1) is 31.5. The summed E-state index contributed by atoms with van der Waals surface area (Å²) in [6, 6.07) is 15.5. The molecular formula is C48H48Cl2N10O6. The summed E-state index contributed by atoms with van der Waals surface area (Å²) in [5.41, 5.74) is 15.9. The van der Waals surface area contributed by atoms with Crippen molar-refractivity contribution in [3.8, 4) is 23.7 Å². The first-order valence-electron chi connectivity index (χ1n) is 21.5. The number of anilines is 6. The summed E-state index contributed by atoms with van der Waals surface area (Å²) in [6.45, 7) is 11.0. The molecule has 0 unspecified atom stereocenters. The first-order valence-corrected chi connectivity index (χ1v) is 22.2. The third-order valence-corrected chi connectivity index (χ3v) is 13.2. The largest absolute Gasteiger partial charge is 0.381 e. The van der Waals surface area contributed by atoms with Crippen LogP contribution >= 0.6 is 23.2 Å². The summed E-state index contributed by atoms with van der Waals surface area (Å²) < 4.78 is 21.7. The average molecular weight is 932 g/mol. The van der Waals surface area contributed by atoms with Gasteiger partial charge in [0.05, 0.1) is 23.8 Å². The smallest absolute Gasteiger partial charge is 0.222 e. The minimum atomic E-state index is -1.47. The van der Waals surface area contributed by atoms with Crippen LogP contribution in [0.25, 0.3) is 0 Å². The van der Waals surface area contributed by atoms with E-state index in [2.05, 4.69) is 75.9 Å². The number of aliphatic hydroxyl groups is 2. The number of benzene rings is 2. The maximum atomic E-state index is 10.8. The topological polar surface area (TPSA) is 221 Å². The molecule has 18 heteroatoms. The molecule has 0 saturated carbocycles. The molecule has 4 aliphatic rings. The fourth-order valence-electron chi connectivity index (χ4n) is 9.08. The normalized spacial score (nSPS) is 18.5. The molecule has 2 aromatic carbocycles. The zero-order chi connectivity index (χ0) is 46.4. The molecule has 10 rings (SSSR count). The molecule has 0 amide bonds. The van der Waals surface area contributed by atoms with Crippen molar-refractivity contribution in [1.82, 2.24) is 30.2 Å². The number of hydrogen-bond acceptors (Lipinski definition) is 16. The number of aryl methyl sites for hydroxylation is 2. The van der Waals surface area contributed by atoms with Crippen molar-refractivity contribution < 1.29 is 28.7 Å². The fourth-order valence-corrected chi connectivity index (χ4v) is 9.47. The molecule has 4 aromatic heterocycles. The van der Waals surface area contributed by atoms with Gasteiger partial charge >= 0.3 is 0 Å². The number of rotatable bonds is 4. The Balaban J connectivity index is 0.000000166. The van der Waals surface area contributed by atoms with Gasteiger partial charge in [0.1, 0.15) is 10.0 Å². The van der Waals surface area contributed by atoms with Gasteiger partial charge in [0.15, 0.2) is 34.4 Å². The molecule has 16 nitrogen and oxygen atoms in total. The van der Waals surface area contributed by atoms with Crippen molar-refractivity contribution in [2.75, 3.05) is 60.8 Å². The van der Waals surface area contributed by atoms with Gasteiger partial charge in [-0.15, -0.1) is 0 Å². The highest BCUT2D eigenvalue weighted by Gasteiger charge is 2.46. The van der Waals surface area contributed by atoms with E-state index in [1.54, 1.807) is 39.8 Å². The van der Waals surface area contributed by atoms with Crippen LogP contribution < -0.4 is 21.3 Å². The molecule has 2 atom stereocenters. The number of nitrogens with zero attached hydrogens (tertiary/aromatic N) is 8. The van der Waals surface area contributed by atoms with Crippen LogP contribution in [0, 0.1) is 37.5 Å². The lowest BCUT2D eigenvalue weighted by atomic mass is 9.76. The number of aromatic nitrogens is 6. The Morgan fingerprint density at radius 3 is 1.39 bits per heavy atom. The van der Waals surface area contributed by atoms with Gasteiger partial charge in [0, 0.05) is 85.0 Å². The van der Waals surface area contributed by atoms with E-state index in [-0.39, 0.29) is 22.7 Å². The minimum Gasteiger partial charge on any atom is -0.381 e. The number of fused-ring (bicyclic) bond motifs is 4. The van der Waals surface area contributed by atoms with E-state index in [0.29, 0.717) is 84.1 Å². The summed E-state index contributed by atoms with van der Waals surface area (Å²) in [4.78, 5) is 21.0. The van der Waals surface area contributed by atoms with Crippen molar-refractivity contribution >= 4 is 58.1 Å². The van der Waals surface area contributed by atoms with Gasteiger partial charge in [-0.25, -0.2) is 9.97 Å². The molecule has 2 fully saturated rings. The van der Waals surface area contributed by atoms with E-state index in [9.17, 15) is 10.2 Å². The maximum absolute atomic E-state index is 10.8. The summed E-state index contributed by atoms with van der Waals surface area (Å²) >= 11 is 13.0. The summed E-state index contributed by atoms with van der Waals surface area (Å²) in [6.07, 6.45) is 6.65. The van der Waals surface area contributed by atoms with Crippen molar-refractivity contribution in [1.29, 1.82) is 0 Å². The Morgan fingerprint density at radius 1 is 0.636 bits per heavy atom. The van der Waals surface area contributed by atoms with Gasteiger partial charge in [-0.1, -0.05) is 69.3 Å². The Bertz CT molecular complexity index is 2740. The molecule has 8 heterocycles. The summed E-state index contributed by atoms with van der Waals surface area (Å²) in [7, 11) is 0. The second-order valence-electron chi connectivity index (χ2n) is 17.5. The zero-order valence-corrected chi connectivity index (χ0v) is 38.4. The quantitative estimate of drug-likeness (QED) is 0.132.